The molecule has 8 aromatic rings. The van der Waals surface area contributed by atoms with Crippen molar-refractivity contribution in [3.8, 4) is 73.4 Å². The van der Waals surface area contributed by atoms with Crippen LogP contribution in [0.2, 0.25) is 0 Å². The molecule has 0 saturated heterocycles. The van der Waals surface area contributed by atoms with Gasteiger partial charge in [0.1, 0.15) is 0 Å². The smallest absolute Gasteiger partial charge is 0.160 e. The number of hydrogen-bond acceptors (Lipinski definition) is 3. The third kappa shape index (κ3) is 3.98. The number of rotatable bonds is 4. The summed E-state index contributed by atoms with van der Waals surface area (Å²) in [5, 5.41) is 14.3. The Labute approximate surface area is 266 Å². The van der Waals surface area contributed by atoms with Crippen LogP contribution in [-0.2, 0) is 0 Å². The van der Waals surface area contributed by atoms with Gasteiger partial charge in [0.05, 0.1) is 23.0 Å². The van der Waals surface area contributed by atoms with Gasteiger partial charge >= 0.3 is 0 Å². The Kier molecular flexibility index (Phi) is 5.88. The Hall–Kier alpha value is -6.37. The molecule has 0 amide bonds. The Balaban J connectivity index is 1.40. The van der Waals surface area contributed by atoms with Gasteiger partial charge in [-0.05, 0) is 56.3 Å². The van der Waals surface area contributed by atoms with Crippen molar-refractivity contribution in [1.29, 1.82) is 5.26 Å². The van der Waals surface area contributed by atoms with Gasteiger partial charge in [0.25, 0.3) is 0 Å². The highest BCUT2D eigenvalue weighted by Crippen LogP contribution is 2.52. The lowest BCUT2D eigenvalue weighted by molar-refractivity contribution is 1.18. The van der Waals surface area contributed by atoms with Gasteiger partial charge in [0, 0.05) is 27.5 Å². The lowest BCUT2D eigenvalue weighted by atomic mass is 9.87. The zero-order valence-electron chi connectivity index (χ0n) is 24.8. The van der Waals surface area contributed by atoms with Crippen molar-refractivity contribution in [2.45, 2.75) is 0 Å². The predicted octanol–water partition coefficient (Wildman–Crippen LogP) is 11.0. The van der Waals surface area contributed by atoms with Crippen LogP contribution in [0.4, 0.5) is 0 Å². The topological polar surface area (TPSA) is 49.6 Å². The SMILES string of the molecule is N#Cc1cccc2c(-c3ccc4c5c(ccc(-c6cc(-c7ccccc7)nc(-c7ccccc7)n6)c35)-c3ccccc3-4)cccc12. The molecule has 46 heavy (non-hydrogen) atoms. The fourth-order valence-electron chi connectivity index (χ4n) is 7.04. The Morgan fingerprint density at radius 1 is 0.391 bits per heavy atom. The second kappa shape index (κ2) is 10.4. The maximum atomic E-state index is 9.92. The van der Waals surface area contributed by atoms with Crippen molar-refractivity contribution < 1.29 is 0 Å². The van der Waals surface area contributed by atoms with Crippen LogP contribution in [0.25, 0.3) is 88.8 Å². The first kappa shape index (κ1) is 26.1. The van der Waals surface area contributed by atoms with Crippen LogP contribution in [0.1, 0.15) is 5.56 Å². The van der Waals surface area contributed by atoms with E-state index in [2.05, 4.69) is 103 Å². The second-order valence-corrected chi connectivity index (χ2v) is 11.6. The van der Waals surface area contributed by atoms with Gasteiger partial charge in [-0.2, -0.15) is 5.26 Å². The van der Waals surface area contributed by atoms with E-state index >= 15 is 0 Å². The van der Waals surface area contributed by atoms with Crippen LogP contribution in [0, 0.1) is 11.3 Å². The highest BCUT2D eigenvalue weighted by Gasteiger charge is 2.26. The van der Waals surface area contributed by atoms with Crippen LogP contribution < -0.4 is 0 Å². The van der Waals surface area contributed by atoms with Gasteiger partial charge in [-0.1, -0.05) is 140 Å². The fraction of sp³-hybridized carbons (Fsp3) is 0. The van der Waals surface area contributed by atoms with E-state index in [1.165, 1.54) is 27.6 Å². The highest BCUT2D eigenvalue weighted by molar-refractivity contribution is 6.23. The molecule has 0 saturated carbocycles. The summed E-state index contributed by atoms with van der Waals surface area (Å²) >= 11 is 0. The molecule has 3 nitrogen and oxygen atoms in total. The standard InChI is InChI=1S/C43H25N3/c44-26-29-15-9-19-31-30(29)18-10-20-34(31)37-22-21-35-32-16-7-8-17-33(32)36-23-24-38(42(37)41(35)36)40-25-39(27-11-3-1-4-12-27)45-43(46-40)28-13-5-2-6-14-28/h1-25H. The number of fused-ring (bicyclic) bond motifs is 4. The average molecular weight is 584 g/mol. The lowest BCUT2D eigenvalue weighted by Crippen LogP contribution is -1.97. The third-order valence-corrected chi connectivity index (χ3v) is 9.10. The van der Waals surface area contributed by atoms with E-state index in [0.29, 0.717) is 11.4 Å². The minimum absolute atomic E-state index is 0.675. The zero-order chi connectivity index (χ0) is 30.6. The molecule has 7 aromatic carbocycles. The minimum atomic E-state index is 0.675. The summed E-state index contributed by atoms with van der Waals surface area (Å²) in [7, 11) is 0. The quantitative estimate of drug-likeness (QED) is 0.207. The van der Waals surface area contributed by atoms with E-state index in [0.717, 1.165) is 55.4 Å². The van der Waals surface area contributed by atoms with Gasteiger partial charge in [-0.15, -0.1) is 0 Å². The summed E-state index contributed by atoms with van der Waals surface area (Å²) in [5.74, 6) is 0.689. The summed E-state index contributed by atoms with van der Waals surface area (Å²) in [5.41, 5.74) is 12.6. The minimum Gasteiger partial charge on any atom is -0.228 e. The normalized spacial score (nSPS) is 11.5. The molecule has 0 radical (unpaired) electrons. The van der Waals surface area contributed by atoms with E-state index < -0.39 is 0 Å². The summed E-state index contributed by atoms with van der Waals surface area (Å²) in [6, 6.07) is 54.9. The second-order valence-electron chi connectivity index (χ2n) is 11.6. The molecule has 1 aliphatic carbocycles. The van der Waals surface area contributed by atoms with Crippen LogP contribution in [-0.4, -0.2) is 9.97 Å². The number of hydrogen-bond donors (Lipinski definition) is 0. The Morgan fingerprint density at radius 2 is 0.913 bits per heavy atom. The van der Waals surface area contributed by atoms with Gasteiger partial charge in [-0.25, -0.2) is 9.97 Å². The molecule has 0 unspecified atom stereocenters. The molecule has 212 valence electrons. The highest BCUT2D eigenvalue weighted by atomic mass is 14.9. The molecule has 3 heteroatoms. The molecule has 0 atom stereocenters. The molecular weight excluding hydrogens is 558 g/mol. The summed E-state index contributed by atoms with van der Waals surface area (Å²) in [4.78, 5) is 10.3. The summed E-state index contributed by atoms with van der Waals surface area (Å²) < 4.78 is 0. The molecule has 0 bridgehead atoms. The van der Waals surface area contributed by atoms with Crippen LogP contribution in [0.15, 0.2) is 152 Å². The monoisotopic (exact) mass is 583 g/mol. The predicted molar refractivity (Wildman–Crippen MR) is 188 cm³/mol. The van der Waals surface area contributed by atoms with Crippen molar-refractivity contribution in [2.24, 2.45) is 0 Å². The van der Waals surface area contributed by atoms with E-state index in [4.69, 9.17) is 9.97 Å². The zero-order valence-corrected chi connectivity index (χ0v) is 24.8. The summed E-state index contributed by atoms with van der Waals surface area (Å²) in [6.07, 6.45) is 0. The molecule has 0 N–H and O–H groups in total. The van der Waals surface area contributed by atoms with Crippen LogP contribution in [0.5, 0.6) is 0 Å². The number of aromatic nitrogens is 2. The van der Waals surface area contributed by atoms with Gasteiger partial charge in [0.15, 0.2) is 5.82 Å². The molecule has 9 rings (SSSR count). The lowest BCUT2D eigenvalue weighted by Gasteiger charge is -2.17. The van der Waals surface area contributed by atoms with Gasteiger partial charge in [0.2, 0.25) is 0 Å². The molecule has 1 heterocycles. The third-order valence-electron chi connectivity index (χ3n) is 9.10. The fourth-order valence-corrected chi connectivity index (χ4v) is 7.04. The first-order valence-electron chi connectivity index (χ1n) is 15.4. The summed E-state index contributed by atoms with van der Waals surface area (Å²) in [6.45, 7) is 0. The maximum Gasteiger partial charge on any atom is 0.160 e. The van der Waals surface area contributed by atoms with E-state index in [9.17, 15) is 5.26 Å². The van der Waals surface area contributed by atoms with Gasteiger partial charge < -0.3 is 0 Å². The van der Waals surface area contributed by atoms with Crippen molar-refractivity contribution >= 4 is 21.5 Å². The van der Waals surface area contributed by atoms with E-state index in [1.807, 2.05) is 54.6 Å². The van der Waals surface area contributed by atoms with Crippen molar-refractivity contribution in [1.82, 2.24) is 9.97 Å². The molecule has 0 fully saturated rings. The van der Waals surface area contributed by atoms with Crippen molar-refractivity contribution in [3.63, 3.8) is 0 Å². The Bertz CT molecular complexity index is 2440. The van der Waals surface area contributed by atoms with E-state index in [1.54, 1.807) is 0 Å². The average Bonchev–Trinajstić information content (AvgIpc) is 3.46. The number of nitriles is 1. The molecular formula is C43H25N3. The molecule has 1 aliphatic rings. The maximum absolute atomic E-state index is 9.92. The first-order valence-corrected chi connectivity index (χ1v) is 15.4. The van der Waals surface area contributed by atoms with E-state index in [-0.39, 0.29) is 0 Å². The molecule has 0 aliphatic heterocycles. The van der Waals surface area contributed by atoms with Crippen molar-refractivity contribution in [3.05, 3.63) is 157 Å². The molecule has 1 aromatic heterocycles. The largest absolute Gasteiger partial charge is 0.228 e. The van der Waals surface area contributed by atoms with Crippen LogP contribution in [0.3, 0.4) is 0 Å². The first-order chi connectivity index (χ1) is 22.8. The van der Waals surface area contributed by atoms with Gasteiger partial charge in [-0.3, -0.25) is 0 Å². The van der Waals surface area contributed by atoms with Crippen LogP contribution >= 0.6 is 0 Å². The van der Waals surface area contributed by atoms with Crippen molar-refractivity contribution in [2.75, 3.05) is 0 Å². The Morgan fingerprint density at radius 3 is 1.61 bits per heavy atom. The number of nitrogens with zero attached hydrogens (tertiary/aromatic N) is 3. The number of benzene rings is 7. The molecule has 0 spiro atoms.